The average molecular weight is 252 g/mol. The largest absolute Gasteiger partial charge is 0.294 e. The Morgan fingerprint density at radius 3 is 2.88 bits per heavy atom. The van der Waals surface area contributed by atoms with Crippen LogP contribution in [0.1, 0.15) is 20.9 Å². The maximum absolute atomic E-state index is 12.0. The number of aromatic nitrogens is 1. The van der Waals surface area contributed by atoms with Gasteiger partial charge >= 0.3 is 0 Å². The lowest BCUT2D eigenvalue weighted by Gasteiger charge is -2.01. The molecule has 2 rings (SSSR count). The van der Waals surface area contributed by atoms with Crippen LogP contribution in [-0.2, 0) is 6.42 Å². The summed E-state index contributed by atoms with van der Waals surface area (Å²) in [6.45, 7) is 1.84. The first kappa shape index (κ1) is 11.3. The highest BCUT2D eigenvalue weighted by atomic mass is 35.5. The van der Waals surface area contributed by atoms with Gasteiger partial charge in [-0.05, 0) is 31.2 Å². The van der Waals surface area contributed by atoms with Crippen molar-refractivity contribution in [1.82, 2.24) is 4.98 Å². The molecule has 0 atom stereocenters. The predicted molar refractivity (Wildman–Crippen MR) is 66.3 cm³/mol. The second-order valence-corrected chi connectivity index (χ2v) is 5.24. The van der Waals surface area contributed by atoms with Crippen LogP contribution in [0.2, 0.25) is 4.34 Å². The fourth-order valence-electron chi connectivity index (χ4n) is 1.48. The number of ketones is 1. The summed E-state index contributed by atoms with van der Waals surface area (Å²) in [7, 11) is 0. The van der Waals surface area contributed by atoms with Gasteiger partial charge in [-0.3, -0.25) is 9.78 Å². The number of halogens is 1. The minimum absolute atomic E-state index is 0.0871. The maximum Gasteiger partial charge on any atom is 0.169 e. The Balaban J connectivity index is 2.18. The molecule has 0 unspecified atom stereocenters. The average Bonchev–Trinajstić information content (AvgIpc) is 2.64. The van der Waals surface area contributed by atoms with Crippen molar-refractivity contribution in [3.8, 4) is 0 Å². The van der Waals surface area contributed by atoms with E-state index >= 15 is 0 Å². The van der Waals surface area contributed by atoms with Gasteiger partial charge in [0.15, 0.2) is 5.78 Å². The molecular formula is C12H10ClNOS. The number of hydrogen-bond donors (Lipinski definition) is 0. The summed E-state index contributed by atoms with van der Waals surface area (Å²) in [6.07, 6.45) is 2.08. The molecule has 0 aliphatic heterocycles. The van der Waals surface area contributed by atoms with Crippen molar-refractivity contribution in [3.63, 3.8) is 0 Å². The molecule has 2 nitrogen and oxygen atoms in total. The quantitative estimate of drug-likeness (QED) is 0.781. The Morgan fingerprint density at radius 1 is 1.44 bits per heavy atom. The van der Waals surface area contributed by atoms with Crippen molar-refractivity contribution in [1.29, 1.82) is 0 Å². The van der Waals surface area contributed by atoms with Crippen molar-refractivity contribution in [3.05, 3.63) is 50.9 Å². The van der Waals surface area contributed by atoms with Crippen molar-refractivity contribution in [2.24, 2.45) is 0 Å². The molecule has 0 saturated carbocycles. The van der Waals surface area contributed by atoms with E-state index in [4.69, 9.17) is 11.6 Å². The van der Waals surface area contributed by atoms with Gasteiger partial charge in [0.2, 0.25) is 0 Å². The Labute approximate surface area is 103 Å². The number of Topliss-reactive ketones (excluding diaryl/α,β-unsaturated/α-hetero) is 1. The number of pyridine rings is 1. The van der Waals surface area contributed by atoms with Gasteiger partial charge in [0.25, 0.3) is 0 Å². The maximum atomic E-state index is 12.0. The number of thiophene rings is 1. The van der Waals surface area contributed by atoms with E-state index in [0.717, 1.165) is 10.6 Å². The van der Waals surface area contributed by atoms with Crippen LogP contribution < -0.4 is 0 Å². The Morgan fingerprint density at radius 2 is 2.25 bits per heavy atom. The normalized spacial score (nSPS) is 10.4. The zero-order valence-electron chi connectivity index (χ0n) is 8.74. The van der Waals surface area contributed by atoms with Crippen LogP contribution in [0.25, 0.3) is 0 Å². The number of rotatable bonds is 3. The molecule has 4 heteroatoms. The minimum Gasteiger partial charge on any atom is -0.294 e. The third kappa shape index (κ3) is 2.49. The third-order valence-corrected chi connectivity index (χ3v) is 3.50. The van der Waals surface area contributed by atoms with E-state index in [-0.39, 0.29) is 5.78 Å². The second kappa shape index (κ2) is 4.76. The van der Waals surface area contributed by atoms with E-state index in [0.29, 0.717) is 16.3 Å². The van der Waals surface area contributed by atoms with E-state index in [9.17, 15) is 4.79 Å². The lowest BCUT2D eigenvalue weighted by molar-refractivity contribution is 0.0993. The molecule has 0 fully saturated rings. The predicted octanol–water partition coefficient (Wildman–Crippen LogP) is 3.53. The summed E-state index contributed by atoms with van der Waals surface area (Å²) < 4.78 is 0.714. The van der Waals surface area contributed by atoms with Gasteiger partial charge < -0.3 is 0 Å². The van der Waals surface area contributed by atoms with Crippen molar-refractivity contribution >= 4 is 28.7 Å². The number of carbonyl (C=O) groups excluding carboxylic acids is 1. The first-order valence-electron chi connectivity index (χ1n) is 4.86. The highest BCUT2D eigenvalue weighted by Gasteiger charge is 2.11. The molecule has 82 valence electrons. The SMILES string of the molecule is Cc1ncccc1C(=O)Cc1ccc(Cl)s1. The topological polar surface area (TPSA) is 30.0 Å². The van der Waals surface area contributed by atoms with E-state index in [1.54, 1.807) is 18.3 Å². The molecule has 0 bridgehead atoms. The van der Waals surface area contributed by atoms with Gasteiger partial charge in [-0.25, -0.2) is 0 Å². The Kier molecular flexibility index (Phi) is 3.36. The molecule has 0 aromatic carbocycles. The molecule has 0 aliphatic rings. The third-order valence-electron chi connectivity index (χ3n) is 2.27. The Hall–Kier alpha value is -1.19. The zero-order valence-corrected chi connectivity index (χ0v) is 10.3. The summed E-state index contributed by atoms with van der Waals surface area (Å²) in [4.78, 5) is 17.1. The van der Waals surface area contributed by atoms with Crippen LogP contribution in [0, 0.1) is 6.92 Å². The number of hydrogen-bond acceptors (Lipinski definition) is 3. The van der Waals surface area contributed by atoms with E-state index in [2.05, 4.69) is 4.98 Å². The smallest absolute Gasteiger partial charge is 0.169 e. The van der Waals surface area contributed by atoms with Crippen LogP contribution in [0.15, 0.2) is 30.5 Å². The summed E-state index contributed by atoms with van der Waals surface area (Å²) in [5.74, 6) is 0.0871. The van der Waals surface area contributed by atoms with Crippen LogP contribution in [0.3, 0.4) is 0 Å². The van der Waals surface area contributed by atoms with Crippen LogP contribution >= 0.6 is 22.9 Å². The summed E-state index contributed by atoms with van der Waals surface area (Å²) in [6, 6.07) is 7.28. The molecule has 0 aliphatic carbocycles. The van der Waals surface area contributed by atoms with Crippen LogP contribution in [0.5, 0.6) is 0 Å². The standard InChI is InChI=1S/C12H10ClNOS/c1-8-10(3-2-6-14-8)11(15)7-9-4-5-12(13)16-9/h2-6H,7H2,1H3. The number of carbonyl (C=O) groups is 1. The fourth-order valence-corrected chi connectivity index (χ4v) is 2.57. The van der Waals surface area contributed by atoms with Crippen LogP contribution in [0.4, 0.5) is 0 Å². The number of nitrogens with zero attached hydrogens (tertiary/aromatic N) is 1. The summed E-state index contributed by atoms with van der Waals surface area (Å²) in [5, 5.41) is 0. The first-order valence-corrected chi connectivity index (χ1v) is 6.05. The van der Waals surface area contributed by atoms with Gasteiger partial charge in [-0.2, -0.15) is 0 Å². The number of aryl methyl sites for hydroxylation is 1. The first-order chi connectivity index (χ1) is 7.66. The molecule has 2 aromatic rings. The highest BCUT2D eigenvalue weighted by molar-refractivity contribution is 7.16. The van der Waals surface area contributed by atoms with Crippen molar-refractivity contribution in [2.45, 2.75) is 13.3 Å². The Bertz CT molecular complexity index is 521. The van der Waals surface area contributed by atoms with Crippen molar-refractivity contribution in [2.75, 3.05) is 0 Å². The van der Waals surface area contributed by atoms with Crippen molar-refractivity contribution < 1.29 is 4.79 Å². The molecule has 0 saturated heterocycles. The van der Waals surface area contributed by atoms with E-state index in [1.165, 1.54) is 11.3 Å². The molecular weight excluding hydrogens is 242 g/mol. The van der Waals surface area contributed by atoms with Gasteiger partial charge in [0, 0.05) is 28.8 Å². The molecule has 0 spiro atoms. The zero-order chi connectivity index (χ0) is 11.5. The molecule has 2 heterocycles. The molecule has 16 heavy (non-hydrogen) atoms. The minimum atomic E-state index is 0.0871. The second-order valence-electron chi connectivity index (χ2n) is 3.44. The van der Waals surface area contributed by atoms with Crippen LogP contribution in [-0.4, -0.2) is 10.8 Å². The van der Waals surface area contributed by atoms with Gasteiger partial charge in [0.05, 0.1) is 4.34 Å². The summed E-state index contributed by atoms with van der Waals surface area (Å²) in [5.41, 5.74) is 1.46. The molecule has 0 amide bonds. The monoisotopic (exact) mass is 251 g/mol. The highest BCUT2D eigenvalue weighted by Crippen LogP contribution is 2.23. The van der Waals surface area contributed by atoms with E-state index < -0.39 is 0 Å². The van der Waals surface area contributed by atoms with Gasteiger partial charge in [-0.1, -0.05) is 11.6 Å². The van der Waals surface area contributed by atoms with E-state index in [1.807, 2.05) is 19.1 Å². The lowest BCUT2D eigenvalue weighted by Crippen LogP contribution is -2.05. The molecule has 0 N–H and O–H groups in total. The van der Waals surface area contributed by atoms with Gasteiger partial charge in [-0.15, -0.1) is 11.3 Å². The molecule has 0 radical (unpaired) electrons. The fraction of sp³-hybridized carbons (Fsp3) is 0.167. The van der Waals surface area contributed by atoms with Gasteiger partial charge in [0.1, 0.15) is 0 Å². The lowest BCUT2D eigenvalue weighted by atomic mass is 10.1. The molecule has 2 aromatic heterocycles. The summed E-state index contributed by atoms with van der Waals surface area (Å²) >= 11 is 7.26.